The van der Waals surface area contributed by atoms with E-state index in [1.807, 2.05) is 57.4 Å². The first-order valence-corrected chi connectivity index (χ1v) is 15.9. The van der Waals surface area contributed by atoms with Gasteiger partial charge in [-0.15, -0.1) is 0 Å². The number of hydrogen-bond acceptors (Lipinski definition) is 11. The van der Waals surface area contributed by atoms with Crippen molar-refractivity contribution >= 4 is 40.1 Å². The Morgan fingerprint density at radius 2 is 1.96 bits per heavy atom. The fraction of sp³-hybridized carbons (Fsp3) is 0.394. The quantitative estimate of drug-likeness (QED) is 0.187. The number of fused-ring (bicyclic) bond motifs is 1. The summed E-state index contributed by atoms with van der Waals surface area (Å²) in [5.41, 5.74) is 5.20. The van der Waals surface area contributed by atoms with E-state index in [-0.39, 0.29) is 24.7 Å². The summed E-state index contributed by atoms with van der Waals surface area (Å²) in [7, 11) is 1.89. The van der Waals surface area contributed by atoms with E-state index in [9.17, 15) is 9.90 Å². The number of aryl methyl sites for hydroxylation is 3. The van der Waals surface area contributed by atoms with Gasteiger partial charge in [0.15, 0.2) is 5.82 Å². The molecule has 2 fully saturated rings. The van der Waals surface area contributed by atoms with Gasteiger partial charge in [-0.05, 0) is 44.7 Å². The number of ether oxygens (including phenoxy) is 1. The van der Waals surface area contributed by atoms with Crippen LogP contribution in [0.5, 0.6) is 5.88 Å². The van der Waals surface area contributed by atoms with Gasteiger partial charge < -0.3 is 30.4 Å². The van der Waals surface area contributed by atoms with Gasteiger partial charge in [-0.3, -0.25) is 14.4 Å². The van der Waals surface area contributed by atoms with Crippen LogP contribution in [0.1, 0.15) is 30.5 Å². The van der Waals surface area contributed by atoms with Crippen LogP contribution in [0.4, 0.5) is 23.3 Å². The number of carbonyl (C=O) groups excluding carboxylic acids is 1. The Balaban J connectivity index is 0.982. The second-order valence-corrected chi connectivity index (χ2v) is 12.3. The van der Waals surface area contributed by atoms with Crippen LogP contribution in [0.15, 0.2) is 49.1 Å². The maximum atomic E-state index is 13.2. The Morgan fingerprint density at radius 3 is 2.77 bits per heavy atom. The molecule has 14 nitrogen and oxygen atoms in total. The lowest BCUT2D eigenvalue weighted by atomic mass is 10.1. The molecule has 244 valence electrons. The van der Waals surface area contributed by atoms with E-state index in [4.69, 9.17) is 9.72 Å². The minimum atomic E-state index is -0.244. The molecule has 4 aromatic heterocycles. The number of rotatable bonds is 9. The SMILES string of the molecule is Cc1cnc(Nc2cc(C)n(C)n2)nc1-c1c[nH]c2c(NC(=O)CN3CC[C@H](Oc4cc(N5CCC(O)CC5)ncn4)C3)cccc12. The van der Waals surface area contributed by atoms with E-state index >= 15 is 0 Å². The maximum absolute atomic E-state index is 13.2. The molecule has 1 atom stereocenters. The number of H-pyrrole nitrogens is 1. The second kappa shape index (κ2) is 13.0. The molecule has 47 heavy (non-hydrogen) atoms. The van der Waals surface area contributed by atoms with Crippen LogP contribution in [0.25, 0.3) is 22.2 Å². The third-order valence-corrected chi connectivity index (χ3v) is 8.87. The van der Waals surface area contributed by atoms with Crippen LogP contribution < -0.4 is 20.3 Å². The van der Waals surface area contributed by atoms with Gasteiger partial charge in [0.2, 0.25) is 17.7 Å². The largest absolute Gasteiger partial charge is 0.473 e. The number of aliphatic hydroxyl groups is 1. The van der Waals surface area contributed by atoms with Crippen molar-refractivity contribution in [3.8, 4) is 17.1 Å². The summed E-state index contributed by atoms with van der Waals surface area (Å²) < 4.78 is 7.99. The molecular weight excluding hydrogens is 598 g/mol. The number of nitrogens with zero attached hydrogens (tertiary/aromatic N) is 8. The number of piperidine rings is 1. The van der Waals surface area contributed by atoms with Crippen molar-refractivity contribution in [1.82, 2.24) is 39.6 Å². The molecule has 0 radical (unpaired) electrons. The standard InChI is InChI=1S/C33H39N11O3/c1-20-15-35-33(39-27-13-21(2)42(3)41-27)40-31(20)25-16-34-32-24(25)5-4-6-26(32)38-29(46)18-43-10-9-23(17-43)47-30-14-28(36-19-37-30)44-11-7-22(45)8-12-44/h4-6,13-16,19,22-23,34,45H,7-12,17-18H2,1-3H3,(H,38,46)(H,35,39,40,41)/t23-/m0/s1. The lowest BCUT2D eigenvalue weighted by molar-refractivity contribution is -0.117. The van der Waals surface area contributed by atoms with Crippen LogP contribution >= 0.6 is 0 Å². The number of carbonyl (C=O) groups is 1. The molecule has 2 aliphatic rings. The van der Waals surface area contributed by atoms with Gasteiger partial charge in [-0.25, -0.2) is 19.9 Å². The summed E-state index contributed by atoms with van der Waals surface area (Å²) in [6, 6.07) is 9.65. The third-order valence-electron chi connectivity index (χ3n) is 8.87. The number of aliphatic hydroxyl groups excluding tert-OH is 1. The van der Waals surface area contributed by atoms with Crippen molar-refractivity contribution in [3.63, 3.8) is 0 Å². The van der Waals surface area contributed by atoms with Crippen molar-refractivity contribution in [2.75, 3.05) is 48.3 Å². The first-order valence-electron chi connectivity index (χ1n) is 15.9. The zero-order valence-corrected chi connectivity index (χ0v) is 26.8. The normalized spacial score (nSPS) is 17.4. The van der Waals surface area contributed by atoms with Crippen LogP contribution in [0.2, 0.25) is 0 Å². The highest BCUT2D eigenvalue weighted by Crippen LogP contribution is 2.33. The van der Waals surface area contributed by atoms with Gasteiger partial charge >= 0.3 is 0 Å². The van der Waals surface area contributed by atoms with Crippen LogP contribution in [-0.2, 0) is 11.8 Å². The van der Waals surface area contributed by atoms with E-state index in [1.165, 1.54) is 6.33 Å². The minimum Gasteiger partial charge on any atom is -0.473 e. The topological polar surface area (TPSA) is 162 Å². The molecule has 7 rings (SSSR count). The van der Waals surface area contributed by atoms with Crippen LogP contribution in [-0.4, -0.2) is 95.5 Å². The average Bonchev–Trinajstić information content (AvgIpc) is 3.77. The summed E-state index contributed by atoms with van der Waals surface area (Å²) in [4.78, 5) is 38.8. The molecule has 0 spiro atoms. The van der Waals surface area contributed by atoms with Crippen molar-refractivity contribution < 1.29 is 14.6 Å². The molecule has 0 unspecified atom stereocenters. The Morgan fingerprint density at radius 1 is 1.11 bits per heavy atom. The smallest absolute Gasteiger partial charge is 0.238 e. The van der Waals surface area contributed by atoms with Gasteiger partial charge in [0.25, 0.3) is 0 Å². The fourth-order valence-electron chi connectivity index (χ4n) is 6.23. The molecule has 4 N–H and O–H groups in total. The number of benzene rings is 1. The maximum Gasteiger partial charge on any atom is 0.238 e. The lowest BCUT2D eigenvalue weighted by Gasteiger charge is -2.30. The minimum absolute atomic E-state index is 0.0692. The van der Waals surface area contributed by atoms with Crippen molar-refractivity contribution in [1.29, 1.82) is 0 Å². The highest BCUT2D eigenvalue weighted by Gasteiger charge is 2.27. The van der Waals surface area contributed by atoms with Gasteiger partial charge in [0.05, 0.1) is 29.5 Å². The molecule has 0 bridgehead atoms. The molecule has 1 aromatic carbocycles. The Hall–Kier alpha value is -5.08. The highest BCUT2D eigenvalue weighted by atomic mass is 16.5. The predicted molar refractivity (Wildman–Crippen MR) is 179 cm³/mol. The molecule has 1 amide bonds. The number of aromatic nitrogens is 7. The monoisotopic (exact) mass is 637 g/mol. The number of hydrogen-bond donors (Lipinski definition) is 4. The lowest BCUT2D eigenvalue weighted by Crippen LogP contribution is -2.36. The zero-order valence-electron chi connectivity index (χ0n) is 26.8. The van der Waals surface area contributed by atoms with E-state index in [2.05, 4.69) is 45.5 Å². The number of para-hydroxylation sites is 1. The van der Waals surface area contributed by atoms with E-state index < -0.39 is 0 Å². The molecule has 0 saturated carbocycles. The predicted octanol–water partition coefficient (Wildman–Crippen LogP) is 3.56. The van der Waals surface area contributed by atoms with Crippen molar-refractivity contribution in [3.05, 3.63) is 60.3 Å². The molecule has 5 aromatic rings. The molecular formula is C33H39N11O3. The summed E-state index contributed by atoms with van der Waals surface area (Å²) in [6.45, 7) is 7.10. The zero-order chi connectivity index (χ0) is 32.5. The number of anilines is 4. The highest BCUT2D eigenvalue weighted by molar-refractivity contribution is 6.06. The van der Waals surface area contributed by atoms with Crippen molar-refractivity contribution in [2.45, 2.75) is 45.3 Å². The van der Waals surface area contributed by atoms with E-state index in [1.54, 1.807) is 10.9 Å². The third kappa shape index (κ3) is 6.74. The summed E-state index contributed by atoms with van der Waals surface area (Å²) in [6.07, 6.45) is 7.18. The molecule has 2 saturated heterocycles. The van der Waals surface area contributed by atoms with E-state index in [0.29, 0.717) is 29.9 Å². The van der Waals surface area contributed by atoms with Crippen molar-refractivity contribution in [2.24, 2.45) is 7.05 Å². The molecule has 6 heterocycles. The Kier molecular flexibility index (Phi) is 8.43. The Bertz CT molecular complexity index is 1880. The Labute approximate surface area is 272 Å². The average molecular weight is 638 g/mol. The van der Waals surface area contributed by atoms with Gasteiger partial charge in [0, 0.05) is 74.4 Å². The fourth-order valence-corrected chi connectivity index (χ4v) is 6.23. The van der Waals surface area contributed by atoms with Gasteiger partial charge in [0.1, 0.15) is 18.2 Å². The van der Waals surface area contributed by atoms with E-state index in [0.717, 1.165) is 78.1 Å². The van der Waals surface area contributed by atoms with Crippen LogP contribution in [0.3, 0.4) is 0 Å². The number of likely N-dealkylation sites (tertiary alicyclic amines) is 1. The van der Waals surface area contributed by atoms with Crippen LogP contribution in [0, 0.1) is 13.8 Å². The summed E-state index contributed by atoms with van der Waals surface area (Å²) in [5.74, 6) is 2.38. The molecule has 14 heteroatoms. The number of amides is 1. The first kappa shape index (κ1) is 30.6. The van der Waals surface area contributed by atoms with Gasteiger partial charge in [-0.1, -0.05) is 12.1 Å². The number of aromatic amines is 1. The molecule has 0 aliphatic carbocycles. The van der Waals surface area contributed by atoms with Gasteiger partial charge in [-0.2, -0.15) is 5.10 Å². The summed E-state index contributed by atoms with van der Waals surface area (Å²) >= 11 is 0. The number of nitrogens with one attached hydrogen (secondary N) is 3. The second-order valence-electron chi connectivity index (χ2n) is 12.3. The summed E-state index contributed by atoms with van der Waals surface area (Å²) in [5, 5.41) is 21.5. The first-order chi connectivity index (χ1) is 22.8. The molecule has 2 aliphatic heterocycles.